The van der Waals surface area contributed by atoms with E-state index in [4.69, 9.17) is 22.7 Å². The van der Waals surface area contributed by atoms with Crippen LogP contribution in [0, 0.1) is 0 Å². The molecule has 9 aromatic rings. The van der Waals surface area contributed by atoms with Crippen LogP contribution in [-0.4, -0.2) is 119 Å². The minimum absolute atomic E-state index is 0.419. The van der Waals surface area contributed by atoms with Crippen LogP contribution in [0.25, 0.3) is 88.1 Å². The number of aliphatic hydroxyl groups excluding tert-OH is 4. The maximum atomic E-state index is 14.6. The number of aromatic hydroxyl groups is 12. The first-order valence-corrected chi connectivity index (χ1v) is 19.8. The molecule has 69 heavy (non-hydrogen) atoms. The van der Waals surface area contributed by atoms with E-state index in [-0.39, 0.29) is 0 Å². The van der Waals surface area contributed by atoms with Crippen LogP contribution in [0.4, 0.5) is 0 Å². The molecule has 1 aliphatic rings. The van der Waals surface area contributed by atoms with Crippen LogP contribution in [-0.2, 0) is 4.74 Å². The second kappa shape index (κ2) is 15.0. The van der Waals surface area contributed by atoms with E-state index < -0.39 is 216 Å². The van der Waals surface area contributed by atoms with Gasteiger partial charge in [-0.1, -0.05) is 0 Å². The van der Waals surface area contributed by atoms with E-state index in [1.807, 2.05) is 0 Å². The van der Waals surface area contributed by atoms with Crippen LogP contribution in [0.3, 0.4) is 0 Å². The number of hydrogen-bond acceptors (Lipinski definition) is 24. The van der Waals surface area contributed by atoms with Gasteiger partial charge in [-0.2, -0.15) is 0 Å². The molecular weight excluding hydrogens is 924 g/mol. The molecule has 354 valence electrons. The monoisotopic (exact) mass is 954 g/mol. The topological polar surface area (TPSA) is 433 Å². The van der Waals surface area contributed by atoms with Crippen LogP contribution in [0.1, 0.15) is 0 Å². The van der Waals surface area contributed by atoms with E-state index in [9.17, 15) is 96.1 Å². The van der Waals surface area contributed by atoms with Crippen molar-refractivity contribution in [2.75, 3.05) is 6.61 Å². The van der Waals surface area contributed by atoms with Gasteiger partial charge in [0.15, 0.2) is 51.2 Å². The highest BCUT2D eigenvalue weighted by Crippen LogP contribution is 2.55. The maximum Gasteiger partial charge on any atom is 0.229 e. The fourth-order valence-electron chi connectivity index (χ4n) is 8.55. The van der Waals surface area contributed by atoms with Gasteiger partial charge in [0.05, 0.1) is 23.1 Å². The van der Waals surface area contributed by atoms with Gasteiger partial charge in [-0.25, -0.2) is 0 Å². The van der Waals surface area contributed by atoms with Crippen molar-refractivity contribution in [2.45, 2.75) is 30.7 Å². The molecular formula is C45H30O24. The lowest BCUT2D eigenvalue weighted by Crippen LogP contribution is -2.60. The van der Waals surface area contributed by atoms with Crippen LogP contribution in [0.5, 0.6) is 74.7 Å². The van der Waals surface area contributed by atoms with Crippen molar-refractivity contribution in [1.82, 2.24) is 0 Å². The zero-order chi connectivity index (χ0) is 49.6. The Bertz CT molecular complexity index is 3960. The summed E-state index contributed by atoms with van der Waals surface area (Å²) < 4.78 is 28.0. The maximum absolute atomic E-state index is 14.6. The molecule has 5 atom stereocenters. The van der Waals surface area contributed by atoms with E-state index in [1.165, 1.54) is 0 Å². The van der Waals surface area contributed by atoms with E-state index in [1.54, 1.807) is 0 Å². The summed E-state index contributed by atoms with van der Waals surface area (Å²) in [6.07, 6.45) is -9.96. The van der Waals surface area contributed by atoms with Crippen molar-refractivity contribution in [2.24, 2.45) is 0 Å². The molecule has 0 amide bonds. The van der Waals surface area contributed by atoms with Crippen molar-refractivity contribution in [3.05, 3.63) is 73.1 Å². The molecule has 0 aliphatic carbocycles. The fraction of sp³-hybridized carbons (Fsp3) is 0.133. The molecule has 1 aliphatic heterocycles. The number of benzene rings is 6. The Morgan fingerprint density at radius 3 is 1.61 bits per heavy atom. The number of fused-ring (bicyclic) bond motifs is 6. The van der Waals surface area contributed by atoms with Gasteiger partial charge in [0.25, 0.3) is 0 Å². The molecule has 1 saturated heterocycles. The van der Waals surface area contributed by atoms with Gasteiger partial charge < -0.3 is 104 Å². The van der Waals surface area contributed by atoms with Crippen molar-refractivity contribution < 1.29 is 104 Å². The van der Waals surface area contributed by atoms with Crippen molar-refractivity contribution >= 4 is 65.8 Å². The normalized spacial score (nSPS) is 18.6. The highest BCUT2D eigenvalue weighted by atomic mass is 16.7. The van der Waals surface area contributed by atoms with Crippen molar-refractivity contribution in [3.8, 4) is 97.0 Å². The second-order valence-electron chi connectivity index (χ2n) is 15.9. The predicted octanol–water partition coefficient (Wildman–Crippen LogP) is 2.45. The van der Waals surface area contributed by atoms with Gasteiger partial charge in [-0.3, -0.25) is 14.4 Å². The number of phenolic OH excluding ortho intramolecular Hbond substituents is 12. The summed E-state index contributed by atoms with van der Waals surface area (Å²) >= 11 is 0. The largest absolute Gasteiger partial charge is 0.508 e. The van der Waals surface area contributed by atoms with Gasteiger partial charge in [0.2, 0.25) is 28.3 Å². The lowest BCUT2D eigenvalue weighted by molar-refractivity contribution is -0.277. The molecule has 4 heterocycles. The number of phenols is 12. The lowest BCUT2D eigenvalue weighted by atomic mass is 9.94. The Morgan fingerprint density at radius 2 is 0.986 bits per heavy atom. The van der Waals surface area contributed by atoms with Crippen LogP contribution in [0.15, 0.2) is 70.1 Å². The smallest absolute Gasteiger partial charge is 0.229 e. The Hall–Kier alpha value is -9.07. The average molecular weight is 955 g/mol. The molecule has 6 aromatic carbocycles. The molecule has 0 radical (unpaired) electrons. The molecule has 1 fully saturated rings. The lowest BCUT2D eigenvalue weighted by Gasteiger charge is -2.39. The third-order valence-electron chi connectivity index (χ3n) is 11.8. The van der Waals surface area contributed by atoms with Crippen LogP contribution in [0.2, 0.25) is 0 Å². The summed E-state index contributed by atoms with van der Waals surface area (Å²) in [4.78, 5) is 42.4. The summed E-state index contributed by atoms with van der Waals surface area (Å²) in [6, 6.07) is 5.28. The fourth-order valence-corrected chi connectivity index (χ4v) is 8.55. The van der Waals surface area contributed by atoms with Crippen LogP contribution >= 0.6 is 0 Å². The third kappa shape index (κ3) is 6.10. The highest BCUT2D eigenvalue weighted by molar-refractivity contribution is 6.11. The molecule has 16 N–H and O–H groups in total. The van der Waals surface area contributed by atoms with Gasteiger partial charge in [0, 0.05) is 35.4 Å². The van der Waals surface area contributed by atoms with Crippen molar-refractivity contribution in [1.29, 1.82) is 0 Å². The molecule has 0 saturated carbocycles. The first kappa shape index (κ1) is 43.8. The minimum Gasteiger partial charge on any atom is -0.508 e. The van der Waals surface area contributed by atoms with Crippen molar-refractivity contribution in [3.63, 3.8) is 0 Å². The Balaban J connectivity index is 1.25. The molecule has 3 aromatic heterocycles. The summed E-state index contributed by atoms with van der Waals surface area (Å²) in [6.45, 7) is -0.964. The van der Waals surface area contributed by atoms with Gasteiger partial charge in [0.1, 0.15) is 103 Å². The Labute approximate surface area is 377 Å². The van der Waals surface area contributed by atoms with E-state index in [0.29, 0.717) is 18.2 Å². The van der Waals surface area contributed by atoms with E-state index >= 15 is 0 Å². The first-order valence-electron chi connectivity index (χ1n) is 19.8. The molecule has 0 spiro atoms. The van der Waals surface area contributed by atoms with Gasteiger partial charge in [-0.05, 0) is 18.2 Å². The minimum atomic E-state index is -2.19. The second-order valence-corrected chi connectivity index (χ2v) is 15.9. The summed E-state index contributed by atoms with van der Waals surface area (Å²) in [5.74, 6) is -13.3. The third-order valence-corrected chi connectivity index (χ3v) is 11.8. The SMILES string of the molecule is O=c1c2cc(O)c(O)cc2oc2c(-c3cc(O)c4oc5cc(O)c(-c6cc(O)c7oc8cc(O)cc(O)c8c(=O)c7c6O)c(O)c5c(=O)c4c3O)c(O)c(O[C@@H]3O[C@H](CO)[C@@H](O)[C@H](O)[C@H]3O)c(O)c12. The zero-order valence-electron chi connectivity index (χ0n) is 34.1. The summed E-state index contributed by atoms with van der Waals surface area (Å²) in [7, 11) is 0. The number of hydrogen-bond donors (Lipinski definition) is 16. The molecule has 24 heteroatoms. The van der Waals surface area contributed by atoms with E-state index in [0.717, 1.165) is 24.3 Å². The first-order chi connectivity index (χ1) is 32.6. The zero-order valence-corrected chi connectivity index (χ0v) is 34.1. The molecule has 0 bridgehead atoms. The number of ether oxygens (including phenoxy) is 2. The average Bonchev–Trinajstić information content (AvgIpc) is 3.28. The summed E-state index contributed by atoms with van der Waals surface area (Å²) in [5.41, 5.74) is -11.2. The standard InChI is InChI=1S/C45H30O24/c46-8-22-33(57)39(63)40(64)45(68-22)69-44-37(61)24(43-29(38(44)62)30(54)10-3-13(48)14(49)6-19(10)65-43)12-5-18(53)42-28(32(12)56)36(60)26-21(67-42)7-16(51)23(34(26)58)11-4-17(52)41-27(31(11)55)35(59)25-15(50)1-9(47)2-20(25)66-41/h1-7,22,33,39-40,45-53,55-58,61-64H,8H2/t22-,33-,39+,40-,45+/m1/s1. The van der Waals surface area contributed by atoms with Gasteiger partial charge in [-0.15, -0.1) is 0 Å². The predicted molar refractivity (Wildman–Crippen MR) is 232 cm³/mol. The Morgan fingerprint density at radius 1 is 0.449 bits per heavy atom. The molecule has 0 unspecified atom stereocenters. The summed E-state index contributed by atoms with van der Waals surface area (Å²) in [5, 5.41) is 170. The quantitative estimate of drug-likeness (QED) is 0.0669. The molecule has 10 rings (SSSR count). The van der Waals surface area contributed by atoms with Crippen LogP contribution < -0.4 is 21.0 Å². The highest BCUT2D eigenvalue weighted by Gasteiger charge is 2.46. The van der Waals surface area contributed by atoms with E-state index in [2.05, 4.69) is 0 Å². The Kier molecular flexibility index (Phi) is 9.50. The van der Waals surface area contributed by atoms with Gasteiger partial charge >= 0.3 is 0 Å². The number of aliphatic hydroxyl groups is 4. The molecule has 24 nitrogen and oxygen atoms in total. The number of rotatable bonds is 5.